The number of anilines is 2. The van der Waals surface area contributed by atoms with Gasteiger partial charge in [-0.2, -0.15) is 0 Å². The molecule has 0 radical (unpaired) electrons. The monoisotopic (exact) mass is 535 g/mol. The largest absolute Gasteiger partial charge is 0.785 e. The average molecular weight is 536 g/mol. The highest BCUT2D eigenvalue weighted by Crippen LogP contribution is 2.37. The Morgan fingerprint density at radius 2 is 1.73 bits per heavy atom. The van der Waals surface area contributed by atoms with Gasteiger partial charge in [0.05, 0.1) is 21.4 Å². The fourth-order valence-corrected chi connectivity index (χ4v) is 5.27. The van der Waals surface area contributed by atoms with Gasteiger partial charge in [-0.15, -0.1) is 0 Å². The molecule has 0 saturated carbocycles. The number of piperidine rings is 1. The van der Waals surface area contributed by atoms with Crippen molar-refractivity contribution >= 4 is 67.8 Å². The molecule has 0 aliphatic carbocycles. The van der Waals surface area contributed by atoms with Gasteiger partial charge in [-0.25, -0.2) is 17.5 Å². The van der Waals surface area contributed by atoms with E-state index in [1.165, 1.54) is 18.2 Å². The van der Waals surface area contributed by atoms with Crippen LogP contribution in [-0.4, -0.2) is 42.7 Å². The van der Waals surface area contributed by atoms with Crippen LogP contribution in [-0.2, 0) is 14.8 Å². The molecule has 178 valence electrons. The van der Waals surface area contributed by atoms with E-state index < -0.39 is 38.3 Å². The van der Waals surface area contributed by atoms with Crippen LogP contribution in [0.2, 0.25) is 10.0 Å². The summed E-state index contributed by atoms with van der Waals surface area (Å²) in [6, 6.07) is 6.05. The fraction of sp³-hybridized carbons (Fsp3) is 0.263. The first kappa shape index (κ1) is 25.4. The molecule has 0 aromatic heterocycles. The number of hydroxylamine groups is 2. The van der Waals surface area contributed by atoms with Gasteiger partial charge in [0.15, 0.2) is 10.9 Å². The van der Waals surface area contributed by atoms with Crippen LogP contribution in [0.25, 0.3) is 0 Å². The zero-order valence-electron chi connectivity index (χ0n) is 16.8. The Balaban J connectivity index is 1.78. The molecule has 1 heterocycles. The van der Waals surface area contributed by atoms with E-state index in [2.05, 4.69) is 10.6 Å². The third kappa shape index (κ3) is 6.22. The standard InChI is InChI=1S/C19H18Cl2FN4O5S2/c20-12-2-4-15(24-19(32)23-14-3-1-11(22)9-13(14)21)16(27)17(12)33(30,31)25-18(28)10-5-7-26(29)8-6-10/h1-4,9-10,27H,5-8H2,(H,25,28)(H2,23,24,32)/q-1. The fourth-order valence-electron chi connectivity index (χ4n) is 3.15. The lowest BCUT2D eigenvalue weighted by Crippen LogP contribution is -2.40. The average Bonchev–Trinajstić information content (AvgIpc) is 2.72. The molecular weight excluding hydrogens is 518 g/mol. The molecule has 1 aliphatic heterocycles. The number of hydrogen-bond acceptors (Lipinski definition) is 7. The van der Waals surface area contributed by atoms with Gasteiger partial charge in [0.1, 0.15) is 10.7 Å². The SMILES string of the molecule is O=C(NS(=O)(=O)c1c(Cl)ccc(NC(=S)Nc2ccc(F)cc2Cl)c1O)C1CCN([O-])CC1. The molecular formula is C19H18Cl2FN4O5S2-. The van der Waals surface area contributed by atoms with E-state index in [0.29, 0.717) is 0 Å². The molecule has 2 aromatic carbocycles. The van der Waals surface area contributed by atoms with Crippen molar-refractivity contribution < 1.29 is 22.7 Å². The lowest BCUT2D eigenvalue weighted by molar-refractivity contribution is -0.124. The Kier molecular flexibility index (Phi) is 7.98. The Hall–Kier alpha value is -2.22. The third-order valence-corrected chi connectivity index (χ3v) is 7.20. The van der Waals surface area contributed by atoms with Crippen LogP contribution < -0.4 is 15.4 Å². The van der Waals surface area contributed by atoms with Crippen LogP contribution in [0, 0.1) is 16.9 Å². The van der Waals surface area contributed by atoms with Gasteiger partial charge in [0.25, 0.3) is 10.0 Å². The van der Waals surface area contributed by atoms with Crippen molar-refractivity contribution in [3.8, 4) is 5.75 Å². The summed E-state index contributed by atoms with van der Waals surface area (Å²) < 4.78 is 40.7. The molecule has 9 nitrogen and oxygen atoms in total. The van der Waals surface area contributed by atoms with Crippen molar-refractivity contribution in [1.29, 1.82) is 0 Å². The summed E-state index contributed by atoms with van der Waals surface area (Å²) in [7, 11) is -4.55. The summed E-state index contributed by atoms with van der Waals surface area (Å²) in [6.45, 7) is 0.234. The second-order valence-corrected chi connectivity index (χ2v) is 9.99. The summed E-state index contributed by atoms with van der Waals surface area (Å²) in [5.74, 6) is -2.77. The number of aromatic hydroxyl groups is 1. The number of hydrogen-bond donors (Lipinski definition) is 4. The Bertz CT molecular complexity index is 1190. The zero-order chi connectivity index (χ0) is 24.3. The van der Waals surface area contributed by atoms with E-state index in [-0.39, 0.29) is 52.5 Å². The number of amides is 1. The number of nitrogens with one attached hydrogen (secondary N) is 3. The van der Waals surface area contributed by atoms with E-state index in [0.717, 1.165) is 17.2 Å². The summed E-state index contributed by atoms with van der Waals surface area (Å²) >= 11 is 17.1. The summed E-state index contributed by atoms with van der Waals surface area (Å²) in [6.07, 6.45) is 0.413. The predicted molar refractivity (Wildman–Crippen MR) is 127 cm³/mol. The number of carbonyl (C=O) groups is 1. The molecule has 2 aromatic rings. The van der Waals surface area contributed by atoms with Crippen LogP contribution in [0.15, 0.2) is 35.2 Å². The predicted octanol–water partition coefficient (Wildman–Crippen LogP) is 3.66. The maximum absolute atomic E-state index is 13.2. The number of thiocarbonyl (C=S) groups is 1. The topological polar surface area (TPSA) is 134 Å². The molecule has 0 bridgehead atoms. The first-order chi connectivity index (χ1) is 15.5. The quantitative estimate of drug-likeness (QED) is 0.334. The van der Waals surface area contributed by atoms with E-state index in [9.17, 15) is 27.9 Å². The van der Waals surface area contributed by atoms with Gasteiger partial charge in [0, 0.05) is 5.92 Å². The molecule has 1 fully saturated rings. The molecule has 0 unspecified atom stereocenters. The number of phenols is 1. The zero-order valence-corrected chi connectivity index (χ0v) is 19.9. The minimum absolute atomic E-state index is 0.0493. The minimum Gasteiger partial charge on any atom is -0.785 e. The first-order valence-electron chi connectivity index (χ1n) is 9.51. The number of sulfonamides is 1. The van der Waals surface area contributed by atoms with E-state index in [1.807, 2.05) is 4.72 Å². The van der Waals surface area contributed by atoms with Crippen molar-refractivity contribution in [3.63, 3.8) is 0 Å². The van der Waals surface area contributed by atoms with Crippen LogP contribution >= 0.6 is 35.4 Å². The number of rotatable bonds is 5. The third-order valence-electron chi connectivity index (χ3n) is 4.84. The number of nitrogens with zero attached hydrogens (tertiary/aromatic N) is 1. The molecule has 1 aliphatic rings. The van der Waals surface area contributed by atoms with Crippen molar-refractivity contribution in [2.24, 2.45) is 5.92 Å². The normalized spacial score (nSPS) is 15.2. The Morgan fingerprint density at radius 1 is 1.12 bits per heavy atom. The molecule has 1 saturated heterocycles. The first-order valence-corrected chi connectivity index (χ1v) is 12.2. The highest BCUT2D eigenvalue weighted by Gasteiger charge is 2.30. The second kappa shape index (κ2) is 10.4. The van der Waals surface area contributed by atoms with Crippen molar-refractivity contribution in [2.45, 2.75) is 17.7 Å². The maximum atomic E-state index is 13.2. The molecule has 3 rings (SSSR count). The van der Waals surface area contributed by atoms with Gasteiger partial charge in [-0.3, -0.25) is 4.79 Å². The molecule has 33 heavy (non-hydrogen) atoms. The number of halogens is 3. The van der Waals surface area contributed by atoms with Gasteiger partial charge in [0.2, 0.25) is 5.91 Å². The highest BCUT2D eigenvalue weighted by atomic mass is 35.5. The van der Waals surface area contributed by atoms with E-state index >= 15 is 0 Å². The van der Waals surface area contributed by atoms with E-state index in [1.54, 1.807) is 0 Å². The number of benzene rings is 2. The molecule has 0 atom stereocenters. The Labute approximate surface area is 204 Å². The number of carbonyl (C=O) groups excluding carboxylic acids is 1. The highest BCUT2D eigenvalue weighted by molar-refractivity contribution is 7.90. The lowest BCUT2D eigenvalue weighted by atomic mass is 9.97. The van der Waals surface area contributed by atoms with Gasteiger partial charge in [-0.1, -0.05) is 23.2 Å². The van der Waals surface area contributed by atoms with Gasteiger partial charge < -0.3 is 26.0 Å². The van der Waals surface area contributed by atoms with Crippen molar-refractivity contribution in [1.82, 2.24) is 9.79 Å². The smallest absolute Gasteiger partial charge is 0.269 e. The number of phenolic OH excluding ortho intramolecular Hbond substituents is 1. The van der Waals surface area contributed by atoms with Crippen molar-refractivity contribution in [3.05, 3.63) is 51.4 Å². The molecule has 1 amide bonds. The van der Waals surface area contributed by atoms with Crippen LogP contribution in [0.1, 0.15) is 12.8 Å². The lowest BCUT2D eigenvalue weighted by Gasteiger charge is -2.35. The minimum atomic E-state index is -4.55. The molecule has 4 N–H and O–H groups in total. The second-order valence-electron chi connectivity index (χ2n) is 7.15. The van der Waals surface area contributed by atoms with Gasteiger partial charge in [-0.05, 0) is 68.5 Å². The molecule has 14 heteroatoms. The molecule has 0 spiro atoms. The van der Waals surface area contributed by atoms with Crippen LogP contribution in [0.4, 0.5) is 15.8 Å². The Morgan fingerprint density at radius 3 is 2.36 bits per heavy atom. The van der Waals surface area contributed by atoms with Crippen LogP contribution in [0.3, 0.4) is 0 Å². The van der Waals surface area contributed by atoms with E-state index in [4.69, 9.17) is 35.4 Å². The van der Waals surface area contributed by atoms with Crippen molar-refractivity contribution in [2.75, 3.05) is 23.7 Å². The summed E-state index contributed by atoms with van der Waals surface area (Å²) in [5, 5.41) is 27.6. The summed E-state index contributed by atoms with van der Waals surface area (Å²) in [5.41, 5.74) is 0.149. The van der Waals surface area contributed by atoms with Gasteiger partial charge >= 0.3 is 0 Å². The summed E-state index contributed by atoms with van der Waals surface area (Å²) in [4.78, 5) is 11.7. The maximum Gasteiger partial charge on any atom is 0.269 e. The van der Waals surface area contributed by atoms with Crippen LogP contribution in [0.5, 0.6) is 5.75 Å².